The average molecular weight is 437 g/mol. The van der Waals surface area contributed by atoms with E-state index in [1.807, 2.05) is 43.0 Å². The fourth-order valence-electron chi connectivity index (χ4n) is 5.24. The van der Waals surface area contributed by atoms with Crippen molar-refractivity contribution in [3.8, 4) is 5.75 Å². The lowest BCUT2D eigenvalue weighted by Gasteiger charge is -2.47. The quantitative estimate of drug-likeness (QED) is 0.756. The molecule has 5 rings (SSSR count). The van der Waals surface area contributed by atoms with Crippen LogP contribution in [0.15, 0.2) is 34.7 Å². The first kappa shape index (κ1) is 21.1. The normalized spacial score (nSPS) is 21.7. The molecule has 170 valence electrons. The van der Waals surface area contributed by atoms with E-state index < -0.39 is 0 Å². The number of likely N-dealkylation sites (tertiary alicyclic amines) is 1. The molecule has 1 aromatic heterocycles. The predicted molar refractivity (Wildman–Crippen MR) is 121 cm³/mol. The van der Waals surface area contributed by atoms with E-state index in [9.17, 15) is 9.59 Å². The number of carbonyl (C=O) groups excluding carboxylic acids is 2. The molecule has 1 spiro atoms. The molecule has 6 heteroatoms. The van der Waals surface area contributed by atoms with Crippen LogP contribution in [0.3, 0.4) is 0 Å². The van der Waals surface area contributed by atoms with Crippen molar-refractivity contribution in [1.82, 2.24) is 10.2 Å². The van der Waals surface area contributed by atoms with Crippen molar-refractivity contribution in [3.05, 3.63) is 53.0 Å². The number of hydrogen-bond acceptors (Lipinski definition) is 4. The van der Waals surface area contributed by atoms with Crippen molar-refractivity contribution in [2.75, 3.05) is 19.6 Å². The molecule has 2 fully saturated rings. The van der Waals surface area contributed by atoms with Crippen LogP contribution >= 0.6 is 0 Å². The second kappa shape index (κ2) is 8.30. The Morgan fingerprint density at radius 1 is 1.16 bits per heavy atom. The number of nitrogens with zero attached hydrogens (tertiary/aromatic N) is 1. The zero-order valence-corrected chi connectivity index (χ0v) is 19.0. The van der Waals surface area contributed by atoms with Gasteiger partial charge in [-0.05, 0) is 56.7 Å². The standard InChI is InChI=1S/C26H32N2O4/c1-17-13-22(18(2)31-17)25(30)28-11-9-26(10-12-28)15-20(14-24(29)27-16-19-7-8-19)21-5-3-4-6-23(21)32-26/h3-6,13,19-20H,7-12,14-16H2,1-2H3,(H,27,29)/t20-/m1/s1. The minimum Gasteiger partial charge on any atom is -0.487 e. The predicted octanol–water partition coefficient (Wildman–Crippen LogP) is 4.35. The summed E-state index contributed by atoms with van der Waals surface area (Å²) in [7, 11) is 0. The molecular formula is C26H32N2O4. The van der Waals surface area contributed by atoms with Crippen LogP contribution in [0.4, 0.5) is 0 Å². The number of hydrogen-bond donors (Lipinski definition) is 1. The number of fused-ring (bicyclic) bond motifs is 1. The summed E-state index contributed by atoms with van der Waals surface area (Å²) in [5, 5.41) is 3.12. The number of furan rings is 1. The van der Waals surface area contributed by atoms with Gasteiger partial charge in [0.2, 0.25) is 5.91 Å². The minimum atomic E-state index is -0.325. The zero-order valence-electron chi connectivity index (χ0n) is 19.0. The SMILES string of the molecule is Cc1cc(C(=O)N2CCC3(CC2)C[C@@H](CC(=O)NCC2CC2)c2ccccc2O3)c(C)o1. The summed E-state index contributed by atoms with van der Waals surface area (Å²) in [6.07, 6.45) is 5.30. The summed E-state index contributed by atoms with van der Waals surface area (Å²) in [4.78, 5) is 27.6. The Morgan fingerprint density at radius 2 is 1.91 bits per heavy atom. The van der Waals surface area contributed by atoms with E-state index >= 15 is 0 Å². The smallest absolute Gasteiger partial charge is 0.257 e. The van der Waals surface area contributed by atoms with Crippen molar-refractivity contribution in [1.29, 1.82) is 0 Å². The molecule has 0 unspecified atom stereocenters. The minimum absolute atomic E-state index is 0.0291. The van der Waals surface area contributed by atoms with E-state index in [-0.39, 0.29) is 23.3 Å². The number of benzene rings is 1. The van der Waals surface area contributed by atoms with Gasteiger partial charge in [-0.2, -0.15) is 0 Å². The van der Waals surface area contributed by atoms with E-state index in [1.165, 1.54) is 12.8 Å². The van der Waals surface area contributed by atoms with Crippen LogP contribution in [0.1, 0.15) is 71.9 Å². The summed E-state index contributed by atoms with van der Waals surface area (Å²) in [5.74, 6) is 3.30. The molecule has 1 aromatic carbocycles. The maximum atomic E-state index is 13.0. The second-order valence-electron chi connectivity index (χ2n) is 9.79. The Labute approximate surface area is 189 Å². The van der Waals surface area contributed by atoms with Gasteiger partial charge in [0.15, 0.2) is 0 Å². The third-order valence-corrected chi connectivity index (χ3v) is 7.25. The van der Waals surface area contributed by atoms with Gasteiger partial charge in [0.1, 0.15) is 22.9 Å². The first-order valence-corrected chi connectivity index (χ1v) is 11.8. The van der Waals surface area contributed by atoms with E-state index in [2.05, 4.69) is 11.4 Å². The molecule has 1 saturated carbocycles. The molecule has 3 aliphatic rings. The van der Waals surface area contributed by atoms with Gasteiger partial charge in [0.25, 0.3) is 5.91 Å². The molecule has 2 aliphatic heterocycles. The van der Waals surface area contributed by atoms with Crippen molar-refractivity contribution in [2.45, 2.75) is 63.9 Å². The Morgan fingerprint density at radius 3 is 2.59 bits per heavy atom. The summed E-state index contributed by atoms with van der Waals surface area (Å²) >= 11 is 0. The van der Waals surface area contributed by atoms with E-state index in [1.54, 1.807) is 0 Å². The lowest BCUT2D eigenvalue weighted by molar-refractivity contribution is -0.122. The van der Waals surface area contributed by atoms with Crippen molar-refractivity contribution in [2.24, 2.45) is 5.92 Å². The van der Waals surface area contributed by atoms with E-state index in [0.717, 1.165) is 42.9 Å². The van der Waals surface area contributed by atoms with Gasteiger partial charge in [-0.1, -0.05) is 18.2 Å². The lowest BCUT2D eigenvalue weighted by atomic mass is 9.76. The number of rotatable bonds is 5. The molecule has 1 aliphatic carbocycles. The van der Waals surface area contributed by atoms with Gasteiger partial charge in [0.05, 0.1) is 5.56 Å². The Hall–Kier alpha value is -2.76. The third kappa shape index (κ3) is 4.27. The van der Waals surface area contributed by atoms with Crippen LogP contribution in [0.2, 0.25) is 0 Å². The van der Waals surface area contributed by atoms with Crippen LogP contribution in [0.25, 0.3) is 0 Å². The molecule has 3 heterocycles. The van der Waals surface area contributed by atoms with Gasteiger partial charge in [-0.3, -0.25) is 9.59 Å². The molecule has 0 bridgehead atoms. The molecule has 0 radical (unpaired) electrons. The van der Waals surface area contributed by atoms with Gasteiger partial charge in [-0.15, -0.1) is 0 Å². The zero-order chi connectivity index (χ0) is 22.3. The second-order valence-corrected chi connectivity index (χ2v) is 9.79. The first-order valence-electron chi connectivity index (χ1n) is 11.8. The van der Waals surface area contributed by atoms with Crippen molar-refractivity contribution >= 4 is 11.8 Å². The monoisotopic (exact) mass is 436 g/mol. The lowest BCUT2D eigenvalue weighted by Crippen LogP contribution is -2.52. The van der Waals surface area contributed by atoms with Crippen LogP contribution in [0.5, 0.6) is 5.75 Å². The van der Waals surface area contributed by atoms with Gasteiger partial charge < -0.3 is 19.4 Å². The molecular weight excluding hydrogens is 404 g/mol. The van der Waals surface area contributed by atoms with Gasteiger partial charge in [0, 0.05) is 44.8 Å². The van der Waals surface area contributed by atoms with Gasteiger partial charge in [-0.25, -0.2) is 0 Å². The highest BCUT2D eigenvalue weighted by atomic mass is 16.5. The number of piperidine rings is 1. The molecule has 6 nitrogen and oxygen atoms in total. The highest BCUT2D eigenvalue weighted by Gasteiger charge is 2.44. The largest absolute Gasteiger partial charge is 0.487 e. The third-order valence-electron chi connectivity index (χ3n) is 7.25. The number of ether oxygens (including phenoxy) is 1. The average Bonchev–Trinajstić information content (AvgIpc) is 3.54. The van der Waals surface area contributed by atoms with Crippen molar-refractivity contribution in [3.63, 3.8) is 0 Å². The highest BCUT2D eigenvalue weighted by molar-refractivity contribution is 5.95. The molecule has 2 amide bonds. The van der Waals surface area contributed by atoms with Crippen LogP contribution in [0, 0.1) is 19.8 Å². The number of nitrogens with one attached hydrogen (secondary N) is 1. The topological polar surface area (TPSA) is 71.8 Å². The van der Waals surface area contributed by atoms with Crippen LogP contribution in [-0.4, -0.2) is 41.9 Å². The molecule has 1 N–H and O–H groups in total. The Kier molecular flexibility index (Phi) is 5.48. The summed E-state index contributed by atoms with van der Waals surface area (Å²) in [5.41, 5.74) is 1.45. The Balaban J connectivity index is 1.28. The maximum absolute atomic E-state index is 13.0. The maximum Gasteiger partial charge on any atom is 0.257 e. The summed E-state index contributed by atoms with van der Waals surface area (Å²) in [6, 6.07) is 9.94. The van der Waals surface area contributed by atoms with Gasteiger partial charge >= 0.3 is 0 Å². The number of para-hydroxylation sites is 1. The van der Waals surface area contributed by atoms with E-state index in [4.69, 9.17) is 9.15 Å². The number of amides is 2. The molecule has 2 aromatic rings. The highest BCUT2D eigenvalue weighted by Crippen LogP contribution is 2.46. The first-order chi connectivity index (χ1) is 15.4. The number of aryl methyl sites for hydroxylation is 2. The number of carbonyl (C=O) groups is 2. The van der Waals surface area contributed by atoms with Crippen LogP contribution in [-0.2, 0) is 4.79 Å². The summed E-state index contributed by atoms with van der Waals surface area (Å²) in [6.45, 7) is 5.80. The summed E-state index contributed by atoms with van der Waals surface area (Å²) < 4.78 is 12.1. The molecule has 1 saturated heterocycles. The van der Waals surface area contributed by atoms with Crippen LogP contribution < -0.4 is 10.1 Å². The Bertz CT molecular complexity index is 1010. The van der Waals surface area contributed by atoms with E-state index in [0.29, 0.717) is 36.8 Å². The fourth-order valence-corrected chi connectivity index (χ4v) is 5.24. The molecule has 32 heavy (non-hydrogen) atoms. The van der Waals surface area contributed by atoms with Crippen molar-refractivity contribution < 1.29 is 18.7 Å². The molecule has 1 atom stereocenters. The fraction of sp³-hybridized carbons (Fsp3) is 0.538.